The van der Waals surface area contributed by atoms with Crippen molar-refractivity contribution in [3.05, 3.63) is 58.7 Å². The molecule has 0 spiro atoms. The average Bonchev–Trinajstić information content (AvgIpc) is 3.09. The molecular formula is C21H22N2O3S2. The first kappa shape index (κ1) is 20.4. The van der Waals surface area contributed by atoms with Crippen LogP contribution in [0.5, 0.6) is 0 Å². The van der Waals surface area contributed by atoms with Crippen molar-refractivity contribution in [2.24, 2.45) is 0 Å². The van der Waals surface area contributed by atoms with Gasteiger partial charge in [-0.25, -0.2) is 4.98 Å². The number of rotatable bonds is 7. The summed E-state index contributed by atoms with van der Waals surface area (Å²) in [5.41, 5.74) is 1.72. The van der Waals surface area contributed by atoms with Crippen molar-refractivity contribution >= 4 is 39.3 Å². The number of carbonyl (C=O) groups excluding carboxylic acids is 1. The van der Waals surface area contributed by atoms with E-state index < -0.39 is 4.75 Å². The number of carbonyl (C=O) groups is 1. The largest absolute Gasteiger partial charge is 0.465 e. The molecule has 3 rings (SSSR count). The van der Waals surface area contributed by atoms with Crippen molar-refractivity contribution in [1.29, 1.82) is 0 Å². The van der Waals surface area contributed by atoms with E-state index in [9.17, 15) is 9.59 Å². The Balaban J connectivity index is 2.15. The smallest absolute Gasteiger partial charge is 0.322 e. The van der Waals surface area contributed by atoms with Crippen LogP contribution < -0.4 is 5.56 Å². The summed E-state index contributed by atoms with van der Waals surface area (Å²) in [6.45, 7) is 9.69. The molecule has 0 bridgehead atoms. The molecule has 0 amide bonds. The average molecular weight is 415 g/mol. The van der Waals surface area contributed by atoms with Gasteiger partial charge in [0.05, 0.1) is 12.0 Å². The van der Waals surface area contributed by atoms with Crippen LogP contribution in [0.15, 0.2) is 58.3 Å². The maximum atomic E-state index is 13.3. The number of hydrogen-bond acceptors (Lipinski definition) is 6. The second-order valence-corrected chi connectivity index (χ2v) is 9.08. The molecule has 0 aliphatic rings. The van der Waals surface area contributed by atoms with Gasteiger partial charge in [0.2, 0.25) is 0 Å². The third-order valence-electron chi connectivity index (χ3n) is 4.17. The highest BCUT2D eigenvalue weighted by Crippen LogP contribution is 2.36. The summed E-state index contributed by atoms with van der Waals surface area (Å²) in [6.07, 6.45) is 1.66. The zero-order chi connectivity index (χ0) is 20.3. The summed E-state index contributed by atoms with van der Waals surface area (Å²) in [6, 6.07) is 9.79. The molecule has 2 heterocycles. The number of fused-ring (bicyclic) bond motifs is 1. The molecule has 0 aliphatic carbocycles. The van der Waals surface area contributed by atoms with Crippen LogP contribution in [0.1, 0.15) is 20.8 Å². The van der Waals surface area contributed by atoms with Crippen LogP contribution >= 0.6 is 23.1 Å². The van der Waals surface area contributed by atoms with Gasteiger partial charge in [-0.3, -0.25) is 14.2 Å². The molecule has 2 aromatic heterocycles. The van der Waals surface area contributed by atoms with E-state index in [0.29, 0.717) is 28.5 Å². The molecule has 7 heteroatoms. The van der Waals surface area contributed by atoms with Gasteiger partial charge in [-0.1, -0.05) is 48.2 Å². The SMILES string of the molecule is C=CCn1c(SC(C)(C)C(=O)OCC)nc2scc(-c3ccccc3)c2c1=O. The molecule has 0 fully saturated rings. The maximum Gasteiger partial charge on any atom is 0.322 e. The lowest BCUT2D eigenvalue weighted by molar-refractivity contribution is -0.145. The summed E-state index contributed by atoms with van der Waals surface area (Å²) in [7, 11) is 0. The molecule has 0 unspecified atom stereocenters. The fraction of sp³-hybridized carbons (Fsp3) is 0.286. The summed E-state index contributed by atoms with van der Waals surface area (Å²) < 4.78 is 5.87. The first-order valence-electron chi connectivity index (χ1n) is 8.93. The van der Waals surface area contributed by atoms with Gasteiger partial charge in [-0.05, 0) is 26.3 Å². The Bertz CT molecular complexity index is 1070. The highest BCUT2D eigenvalue weighted by Gasteiger charge is 2.33. The molecule has 28 heavy (non-hydrogen) atoms. The molecule has 1 aromatic carbocycles. The van der Waals surface area contributed by atoms with Gasteiger partial charge >= 0.3 is 5.97 Å². The molecule has 0 radical (unpaired) electrons. The lowest BCUT2D eigenvalue weighted by Crippen LogP contribution is -2.32. The minimum atomic E-state index is -0.869. The van der Waals surface area contributed by atoms with Crippen LogP contribution in [0.4, 0.5) is 0 Å². The van der Waals surface area contributed by atoms with Gasteiger partial charge in [-0.2, -0.15) is 0 Å². The Labute approximate surface area is 172 Å². The van der Waals surface area contributed by atoms with Gasteiger partial charge in [-0.15, -0.1) is 17.9 Å². The predicted octanol–water partition coefficient (Wildman–Crippen LogP) is 4.74. The van der Waals surface area contributed by atoms with Gasteiger partial charge < -0.3 is 4.74 Å². The van der Waals surface area contributed by atoms with Crippen LogP contribution in [-0.4, -0.2) is 26.9 Å². The number of allylic oxidation sites excluding steroid dienone is 1. The number of ether oxygens (including phenoxy) is 1. The van der Waals surface area contributed by atoms with Crippen molar-refractivity contribution in [1.82, 2.24) is 9.55 Å². The van der Waals surface area contributed by atoms with Gasteiger partial charge in [0, 0.05) is 17.5 Å². The normalized spacial score (nSPS) is 11.5. The Kier molecular flexibility index (Phi) is 6.05. The molecule has 0 aliphatic heterocycles. The van der Waals surface area contributed by atoms with Crippen LogP contribution in [0, 0.1) is 0 Å². The Morgan fingerprint density at radius 3 is 2.71 bits per heavy atom. The number of aromatic nitrogens is 2. The van der Waals surface area contributed by atoms with Crippen molar-refractivity contribution in [3.8, 4) is 11.1 Å². The van der Waals surface area contributed by atoms with E-state index in [2.05, 4.69) is 6.58 Å². The standard InChI is InChI=1S/C21H22N2O3S2/c1-5-12-23-18(24)16-15(14-10-8-7-9-11-14)13-27-17(16)22-20(23)28-21(3,4)19(25)26-6-2/h5,7-11,13H,1,6,12H2,2-4H3. The molecule has 146 valence electrons. The lowest BCUT2D eigenvalue weighted by Gasteiger charge is -2.22. The molecule has 0 saturated carbocycles. The van der Waals surface area contributed by atoms with Crippen LogP contribution in [0.3, 0.4) is 0 Å². The van der Waals surface area contributed by atoms with Crippen molar-refractivity contribution < 1.29 is 9.53 Å². The fourth-order valence-electron chi connectivity index (χ4n) is 2.78. The second kappa shape index (κ2) is 8.32. The Morgan fingerprint density at radius 2 is 2.07 bits per heavy atom. The number of nitrogens with zero attached hydrogens (tertiary/aromatic N) is 2. The number of hydrogen-bond donors (Lipinski definition) is 0. The number of esters is 1. The van der Waals surface area contributed by atoms with Crippen LogP contribution in [0.2, 0.25) is 0 Å². The summed E-state index contributed by atoms with van der Waals surface area (Å²) in [5.74, 6) is -0.337. The highest BCUT2D eigenvalue weighted by molar-refractivity contribution is 8.01. The Hall–Kier alpha value is -2.38. The third-order valence-corrected chi connectivity index (χ3v) is 6.21. The van der Waals surface area contributed by atoms with E-state index >= 15 is 0 Å². The summed E-state index contributed by atoms with van der Waals surface area (Å²) in [5, 5.41) is 3.03. The van der Waals surface area contributed by atoms with Gasteiger partial charge in [0.1, 0.15) is 9.58 Å². The fourth-order valence-corrected chi connectivity index (χ4v) is 4.78. The van der Waals surface area contributed by atoms with Crippen LogP contribution in [-0.2, 0) is 16.1 Å². The van der Waals surface area contributed by atoms with Crippen molar-refractivity contribution in [2.75, 3.05) is 6.61 Å². The van der Waals surface area contributed by atoms with E-state index in [-0.39, 0.29) is 11.5 Å². The van der Waals surface area contributed by atoms with E-state index in [1.54, 1.807) is 31.4 Å². The minimum Gasteiger partial charge on any atom is -0.465 e. The Morgan fingerprint density at radius 1 is 1.36 bits per heavy atom. The first-order valence-corrected chi connectivity index (χ1v) is 10.6. The number of thiophene rings is 1. The number of thioether (sulfide) groups is 1. The molecule has 0 atom stereocenters. The van der Waals surface area contributed by atoms with Crippen LogP contribution in [0.25, 0.3) is 21.3 Å². The lowest BCUT2D eigenvalue weighted by atomic mass is 10.1. The molecule has 0 N–H and O–H groups in total. The predicted molar refractivity (Wildman–Crippen MR) is 116 cm³/mol. The van der Waals surface area contributed by atoms with E-state index in [1.807, 2.05) is 35.7 Å². The molecule has 5 nitrogen and oxygen atoms in total. The summed E-state index contributed by atoms with van der Waals surface area (Å²) in [4.78, 5) is 31.0. The minimum absolute atomic E-state index is 0.132. The van der Waals surface area contributed by atoms with Crippen molar-refractivity contribution in [2.45, 2.75) is 37.2 Å². The third kappa shape index (κ3) is 3.91. The second-order valence-electron chi connectivity index (χ2n) is 6.63. The molecular weight excluding hydrogens is 392 g/mol. The van der Waals surface area contributed by atoms with Crippen molar-refractivity contribution in [3.63, 3.8) is 0 Å². The van der Waals surface area contributed by atoms with E-state index in [0.717, 1.165) is 11.1 Å². The zero-order valence-electron chi connectivity index (χ0n) is 16.1. The first-order chi connectivity index (χ1) is 13.4. The highest BCUT2D eigenvalue weighted by atomic mass is 32.2. The maximum absolute atomic E-state index is 13.3. The monoisotopic (exact) mass is 414 g/mol. The van der Waals surface area contributed by atoms with E-state index in [4.69, 9.17) is 9.72 Å². The molecule has 3 aromatic rings. The topological polar surface area (TPSA) is 61.2 Å². The van der Waals surface area contributed by atoms with Gasteiger partial charge in [0.25, 0.3) is 5.56 Å². The van der Waals surface area contributed by atoms with E-state index in [1.165, 1.54) is 23.1 Å². The zero-order valence-corrected chi connectivity index (χ0v) is 17.7. The molecule has 0 saturated heterocycles. The summed E-state index contributed by atoms with van der Waals surface area (Å²) >= 11 is 2.66. The quantitative estimate of drug-likeness (QED) is 0.242. The number of benzene rings is 1. The van der Waals surface area contributed by atoms with Gasteiger partial charge in [0.15, 0.2) is 5.16 Å².